The molecule has 1 fully saturated rings. The van der Waals surface area contributed by atoms with Gasteiger partial charge in [0.2, 0.25) is 5.91 Å². The lowest BCUT2D eigenvalue weighted by Gasteiger charge is -2.15. The minimum absolute atomic E-state index is 0.0193. The van der Waals surface area contributed by atoms with Crippen molar-refractivity contribution in [3.8, 4) is 0 Å². The van der Waals surface area contributed by atoms with Gasteiger partial charge in [-0.3, -0.25) is 4.79 Å². The summed E-state index contributed by atoms with van der Waals surface area (Å²) >= 11 is 0. The molecule has 4 nitrogen and oxygen atoms in total. The molecule has 4 N–H and O–H groups in total. The molecule has 0 aromatic heterocycles. The molecule has 0 spiro atoms. The Morgan fingerprint density at radius 3 is 2.84 bits per heavy atom. The quantitative estimate of drug-likeness (QED) is 0.764. The molecule has 0 unspecified atom stereocenters. The smallest absolute Gasteiger partial charge is 0.223 e. The number of carbonyl (C=O) groups is 1. The van der Waals surface area contributed by atoms with Crippen molar-refractivity contribution in [3.05, 3.63) is 35.6 Å². The first-order valence-corrected chi connectivity index (χ1v) is 6.53. The van der Waals surface area contributed by atoms with E-state index in [0.29, 0.717) is 6.42 Å². The van der Waals surface area contributed by atoms with Gasteiger partial charge >= 0.3 is 0 Å². The lowest BCUT2D eigenvalue weighted by molar-refractivity contribution is -0.125. The summed E-state index contributed by atoms with van der Waals surface area (Å²) in [6, 6.07) is 6.10. The van der Waals surface area contributed by atoms with Gasteiger partial charge in [0.1, 0.15) is 5.82 Å². The molecule has 0 saturated heterocycles. The lowest BCUT2D eigenvalue weighted by atomic mass is 10.1. The first kappa shape index (κ1) is 14.0. The van der Waals surface area contributed by atoms with Crippen LogP contribution in [-0.4, -0.2) is 23.6 Å². The molecular weight excluding hydrogens is 247 g/mol. The summed E-state index contributed by atoms with van der Waals surface area (Å²) < 4.78 is 13.4. The Balaban J connectivity index is 1.85. The molecule has 0 radical (unpaired) electrons. The predicted octanol–water partition coefficient (Wildman–Crippen LogP) is 1.10. The molecule has 19 heavy (non-hydrogen) atoms. The van der Waals surface area contributed by atoms with Crippen LogP contribution in [0.4, 0.5) is 4.39 Å². The molecule has 2 rings (SSSR count). The first-order valence-electron chi connectivity index (χ1n) is 6.53. The molecule has 0 bridgehead atoms. The number of amides is 1. The first-order chi connectivity index (χ1) is 9.08. The normalized spacial score (nSPS) is 24.2. The summed E-state index contributed by atoms with van der Waals surface area (Å²) in [5, 5.41) is 12.5. The molecule has 1 aromatic rings. The summed E-state index contributed by atoms with van der Waals surface area (Å²) in [6.07, 6.45) is 1.29. The number of nitrogens with two attached hydrogens (primary N) is 1. The molecule has 0 aliphatic heterocycles. The third-order valence-corrected chi connectivity index (χ3v) is 3.58. The van der Waals surface area contributed by atoms with Crippen molar-refractivity contribution in [1.29, 1.82) is 0 Å². The third-order valence-electron chi connectivity index (χ3n) is 3.58. The van der Waals surface area contributed by atoms with E-state index in [2.05, 4.69) is 5.32 Å². The van der Waals surface area contributed by atoms with Crippen molar-refractivity contribution in [3.63, 3.8) is 0 Å². The van der Waals surface area contributed by atoms with Crippen LogP contribution in [0.1, 0.15) is 30.9 Å². The van der Waals surface area contributed by atoms with Gasteiger partial charge in [0.05, 0.1) is 6.10 Å². The number of hydrogen-bond donors (Lipinski definition) is 3. The fourth-order valence-electron chi connectivity index (χ4n) is 2.45. The van der Waals surface area contributed by atoms with Gasteiger partial charge in [-0.05, 0) is 25.3 Å². The lowest BCUT2D eigenvalue weighted by Crippen LogP contribution is -2.33. The van der Waals surface area contributed by atoms with Crippen LogP contribution >= 0.6 is 0 Å². The highest BCUT2D eigenvalue weighted by molar-refractivity contribution is 5.79. The zero-order valence-corrected chi connectivity index (χ0v) is 10.7. The zero-order chi connectivity index (χ0) is 13.8. The molecule has 5 heteroatoms. The van der Waals surface area contributed by atoms with E-state index in [1.807, 2.05) is 0 Å². The number of carbonyl (C=O) groups excluding carboxylic acids is 1. The number of aliphatic hydroxyl groups is 1. The standard InChI is InChI=1S/C14H19FN2O2/c15-12-4-2-1-3-11(12)13(18)8-17-14(19)9-5-6-10(16)7-9/h1-4,9-10,13,18H,5-8,16H2,(H,17,19)/t9-,10+,13-/m0/s1. The average molecular weight is 266 g/mol. The Kier molecular flexibility index (Phi) is 4.50. The Labute approximate surface area is 111 Å². The molecule has 104 valence electrons. The second-order valence-electron chi connectivity index (χ2n) is 5.05. The van der Waals surface area contributed by atoms with Gasteiger partial charge in [0, 0.05) is 24.1 Å². The maximum Gasteiger partial charge on any atom is 0.223 e. The van der Waals surface area contributed by atoms with Gasteiger partial charge in [0.25, 0.3) is 0 Å². The van der Waals surface area contributed by atoms with Crippen LogP contribution < -0.4 is 11.1 Å². The van der Waals surface area contributed by atoms with E-state index >= 15 is 0 Å². The van der Waals surface area contributed by atoms with Crippen molar-refractivity contribution in [2.45, 2.75) is 31.4 Å². The summed E-state index contributed by atoms with van der Waals surface area (Å²) in [6.45, 7) is 0.0193. The van der Waals surface area contributed by atoms with E-state index in [1.165, 1.54) is 12.1 Å². The van der Waals surface area contributed by atoms with Crippen LogP contribution in [-0.2, 0) is 4.79 Å². The second kappa shape index (κ2) is 6.12. The van der Waals surface area contributed by atoms with Gasteiger partial charge in [-0.2, -0.15) is 0 Å². The summed E-state index contributed by atoms with van der Waals surface area (Å²) in [7, 11) is 0. The zero-order valence-electron chi connectivity index (χ0n) is 10.7. The second-order valence-corrected chi connectivity index (χ2v) is 5.05. The number of rotatable bonds is 4. The number of hydrogen-bond acceptors (Lipinski definition) is 3. The SMILES string of the molecule is N[C@@H]1CC[C@H](C(=O)NC[C@H](O)c2ccccc2F)C1. The van der Waals surface area contributed by atoms with Crippen LogP contribution in [0.2, 0.25) is 0 Å². The molecule has 1 saturated carbocycles. The molecule has 1 amide bonds. The van der Waals surface area contributed by atoms with Crippen molar-refractivity contribution in [2.24, 2.45) is 11.7 Å². The summed E-state index contributed by atoms with van der Waals surface area (Å²) in [4.78, 5) is 11.8. The van der Waals surface area contributed by atoms with E-state index < -0.39 is 11.9 Å². The van der Waals surface area contributed by atoms with Gasteiger partial charge in [-0.15, -0.1) is 0 Å². The highest BCUT2D eigenvalue weighted by Gasteiger charge is 2.28. The molecular formula is C14H19FN2O2. The maximum atomic E-state index is 13.4. The van der Waals surface area contributed by atoms with Crippen LogP contribution in [0.5, 0.6) is 0 Å². The van der Waals surface area contributed by atoms with Crippen LogP contribution in [0.15, 0.2) is 24.3 Å². The summed E-state index contributed by atoms with van der Waals surface area (Å²) in [5.74, 6) is -0.654. The van der Waals surface area contributed by atoms with E-state index in [-0.39, 0.29) is 30.0 Å². The fraction of sp³-hybridized carbons (Fsp3) is 0.500. The van der Waals surface area contributed by atoms with Gasteiger partial charge < -0.3 is 16.2 Å². The van der Waals surface area contributed by atoms with Gasteiger partial charge in [-0.25, -0.2) is 4.39 Å². The topological polar surface area (TPSA) is 75.4 Å². The number of aliphatic hydroxyl groups excluding tert-OH is 1. The average Bonchev–Trinajstić information content (AvgIpc) is 2.83. The Morgan fingerprint density at radius 1 is 1.47 bits per heavy atom. The highest BCUT2D eigenvalue weighted by atomic mass is 19.1. The highest BCUT2D eigenvalue weighted by Crippen LogP contribution is 2.24. The molecule has 1 aliphatic carbocycles. The van der Waals surface area contributed by atoms with Gasteiger partial charge in [-0.1, -0.05) is 18.2 Å². The monoisotopic (exact) mass is 266 g/mol. The molecule has 3 atom stereocenters. The van der Waals surface area contributed by atoms with E-state index in [1.54, 1.807) is 12.1 Å². The van der Waals surface area contributed by atoms with E-state index in [4.69, 9.17) is 5.73 Å². The van der Waals surface area contributed by atoms with Crippen LogP contribution in [0.25, 0.3) is 0 Å². The molecule has 0 heterocycles. The van der Waals surface area contributed by atoms with Crippen LogP contribution in [0, 0.1) is 11.7 Å². The predicted molar refractivity (Wildman–Crippen MR) is 69.7 cm³/mol. The number of halogens is 1. The maximum absolute atomic E-state index is 13.4. The fourth-order valence-corrected chi connectivity index (χ4v) is 2.45. The largest absolute Gasteiger partial charge is 0.386 e. The van der Waals surface area contributed by atoms with Crippen LogP contribution in [0.3, 0.4) is 0 Å². The van der Waals surface area contributed by atoms with E-state index in [9.17, 15) is 14.3 Å². The minimum Gasteiger partial charge on any atom is -0.386 e. The minimum atomic E-state index is -1.03. The van der Waals surface area contributed by atoms with E-state index in [0.717, 1.165) is 12.8 Å². The molecule has 1 aromatic carbocycles. The Morgan fingerprint density at radius 2 is 2.21 bits per heavy atom. The van der Waals surface area contributed by atoms with Crippen molar-refractivity contribution < 1.29 is 14.3 Å². The van der Waals surface area contributed by atoms with Gasteiger partial charge in [0.15, 0.2) is 0 Å². The Bertz CT molecular complexity index is 453. The van der Waals surface area contributed by atoms with Crippen molar-refractivity contribution in [1.82, 2.24) is 5.32 Å². The third kappa shape index (κ3) is 3.52. The molecule has 1 aliphatic rings. The number of nitrogens with one attached hydrogen (secondary N) is 1. The van der Waals surface area contributed by atoms with Crippen molar-refractivity contribution >= 4 is 5.91 Å². The Hall–Kier alpha value is -1.46. The number of benzene rings is 1. The van der Waals surface area contributed by atoms with Crippen molar-refractivity contribution in [2.75, 3.05) is 6.54 Å². The summed E-state index contributed by atoms with van der Waals surface area (Å²) in [5.41, 5.74) is 5.95.